The lowest BCUT2D eigenvalue weighted by Gasteiger charge is -2.39. The van der Waals surface area contributed by atoms with Crippen molar-refractivity contribution in [1.29, 1.82) is 0 Å². The van der Waals surface area contributed by atoms with E-state index in [-0.39, 0.29) is 0 Å². The van der Waals surface area contributed by atoms with Crippen molar-refractivity contribution >= 4 is 5.97 Å². The zero-order chi connectivity index (χ0) is 11.9. The molecule has 0 spiro atoms. The molecule has 1 saturated carbocycles. The van der Waals surface area contributed by atoms with Crippen LogP contribution in [-0.2, 0) is 11.3 Å². The van der Waals surface area contributed by atoms with E-state index in [9.17, 15) is 9.90 Å². The second-order valence-corrected chi connectivity index (χ2v) is 5.35. The van der Waals surface area contributed by atoms with E-state index in [1.165, 1.54) is 5.56 Å². The SMILES string of the molecule is O=C(O)[C@]12CC[C@H]1CN(Cc1ccccc1)C2. The minimum Gasteiger partial charge on any atom is -0.481 e. The van der Waals surface area contributed by atoms with Crippen LogP contribution in [0.15, 0.2) is 30.3 Å². The van der Waals surface area contributed by atoms with Crippen molar-refractivity contribution in [3.63, 3.8) is 0 Å². The molecule has 0 unspecified atom stereocenters. The summed E-state index contributed by atoms with van der Waals surface area (Å²) in [5.41, 5.74) is 0.851. The maximum atomic E-state index is 11.4. The van der Waals surface area contributed by atoms with Gasteiger partial charge in [0.1, 0.15) is 0 Å². The van der Waals surface area contributed by atoms with Gasteiger partial charge < -0.3 is 5.11 Å². The summed E-state index contributed by atoms with van der Waals surface area (Å²) in [6, 6.07) is 10.3. The predicted octanol–water partition coefficient (Wildman–Crippen LogP) is 1.98. The molecule has 90 valence electrons. The Bertz CT molecular complexity index is 431. The van der Waals surface area contributed by atoms with E-state index < -0.39 is 11.4 Å². The number of carboxylic acids is 1. The van der Waals surface area contributed by atoms with E-state index >= 15 is 0 Å². The van der Waals surface area contributed by atoms with Crippen LogP contribution in [0.5, 0.6) is 0 Å². The molecule has 3 rings (SSSR count). The molecular formula is C14H17NO2. The number of fused-ring (bicyclic) bond motifs is 1. The summed E-state index contributed by atoms with van der Waals surface area (Å²) in [6.45, 7) is 2.55. The van der Waals surface area contributed by atoms with E-state index in [1.807, 2.05) is 18.2 Å². The number of rotatable bonds is 3. The van der Waals surface area contributed by atoms with Gasteiger partial charge >= 0.3 is 5.97 Å². The Hall–Kier alpha value is -1.35. The van der Waals surface area contributed by atoms with Gasteiger partial charge in [-0.05, 0) is 24.3 Å². The van der Waals surface area contributed by atoms with Crippen LogP contribution in [0.2, 0.25) is 0 Å². The van der Waals surface area contributed by atoms with Gasteiger partial charge in [-0.25, -0.2) is 0 Å². The standard InChI is InChI=1S/C14H17NO2/c16-13(17)14-7-6-12(14)9-15(10-14)8-11-4-2-1-3-5-11/h1-5,12H,6-10H2,(H,16,17)/t12-,14-/m0/s1. The summed E-state index contributed by atoms with van der Waals surface area (Å²) in [5, 5.41) is 9.35. The van der Waals surface area contributed by atoms with Crippen molar-refractivity contribution in [3.05, 3.63) is 35.9 Å². The zero-order valence-electron chi connectivity index (χ0n) is 9.80. The highest BCUT2D eigenvalue weighted by Crippen LogP contribution is 2.52. The van der Waals surface area contributed by atoms with Crippen molar-refractivity contribution in [1.82, 2.24) is 4.90 Å². The lowest BCUT2D eigenvalue weighted by molar-refractivity contribution is -0.156. The molecule has 1 aliphatic heterocycles. The lowest BCUT2D eigenvalue weighted by Crippen LogP contribution is -2.46. The number of hydrogen-bond acceptors (Lipinski definition) is 2. The highest BCUT2D eigenvalue weighted by Gasteiger charge is 2.57. The highest BCUT2D eigenvalue weighted by molar-refractivity contribution is 5.77. The molecule has 1 aromatic rings. The van der Waals surface area contributed by atoms with Gasteiger partial charge in [-0.1, -0.05) is 30.3 Å². The van der Waals surface area contributed by atoms with Crippen LogP contribution in [0.25, 0.3) is 0 Å². The Labute approximate surface area is 101 Å². The van der Waals surface area contributed by atoms with Crippen LogP contribution in [0, 0.1) is 11.3 Å². The molecule has 2 fully saturated rings. The minimum atomic E-state index is -0.593. The summed E-state index contributed by atoms with van der Waals surface area (Å²) in [4.78, 5) is 13.6. The molecule has 17 heavy (non-hydrogen) atoms. The Morgan fingerprint density at radius 2 is 2.18 bits per heavy atom. The molecule has 1 saturated heterocycles. The molecule has 0 bridgehead atoms. The molecule has 2 atom stereocenters. The van der Waals surface area contributed by atoms with Gasteiger partial charge in [-0.2, -0.15) is 0 Å². The lowest BCUT2D eigenvalue weighted by atomic mass is 9.62. The number of carbonyl (C=O) groups is 1. The first-order chi connectivity index (χ1) is 8.21. The van der Waals surface area contributed by atoms with Gasteiger partial charge in [0.15, 0.2) is 0 Å². The van der Waals surface area contributed by atoms with Gasteiger partial charge in [-0.15, -0.1) is 0 Å². The maximum Gasteiger partial charge on any atom is 0.311 e. The third-order valence-corrected chi connectivity index (χ3v) is 4.38. The van der Waals surface area contributed by atoms with Gasteiger partial charge in [0.05, 0.1) is 5.41 Å². The zero-order valence-corrected chi connectivity index (χ0v) is 9.80. The summed E-state index contributed by atoms with van der Waals surface area (Å²) in [7, 11) is 0. The molecule has 0 aromatic heterocycles. The monoisotopic (exact) mass is 231 g/mol. The summed E-state index contributed by atoms with van der Waals surface area (Å²) >= 11 is 0. The smallest absolute Gasteiger partial charge is 0.311 e. The summed E-state index contributed by atoms with van der Waals surface area (Å²) in [5.74, 6) is -0.215. The molecule has 0 radical (unpaired) electrons. The molecule has 1 N–H and O–H groups in total. The quantitative estimate of drug-likeness (QED) is 0.864. The molecular weight excluding hydrogens is 214 g/mol. The fraction of sp³-hybridized carbons (Fsp3) is 0.500. The summed E-state index contributed by atoms with van der Waals surface area (Å²) < 4.78 is 0. The predicted molar refractivity (Wildman–Crippen MR) is 64.5 cm³/mol. The van der Waals surface area contributed by atoms with Crippen molar-refractivity contribution in [2.24, 2.45) is 11.3 Å². The van der Waals surface area contributed by atoms with E-state index in [2.05, 4.69) is 17.0 Å². The number of benzene rings is 1. The van der Waals surface area contributed by atoms with Crippen molar-refractivity contribution < 1.29 is 9.90 Å². The third kappa shape index (κ3) is 1.65. The number of nitrogens with zero attached hydrogens (tertiary/aromatic N) is 1. The molecule has 3 heteroatoms. The molecule has 1 aromatic carbocycles. The van der Waals surface area contributed by atoms with E-state index in [1.54, 1.807) is 0 Å². The largest absolute Gasteiger partial charge is 0.481 e. The Kier molecular flexibility index (Phi) is 2.44. The topological polar surface area (TPSA) is 40.5 Å². The fourth-order valence-corrected chi connectivity index (χ4v) is 3.26. The number of likely N-dealkylation sites (tertiary alicyclic amines) is 1. The van der Waals surface area contributed by atoms with E-state index in [0.29, 0.717) is 5.92 Å². The van der Waals surface area contributed by atoms with Crippen molar-refractivity contribution in [2.75, 3.05) is 13.1 Å². The van der Waals surface area contributed by atoms with Crippen molar-refractivity contribution in [3.8, 4) is 0 Å². The summed E-state index contributed by atoms with van der Waals surface area (Å²) in [6.07, 6.45) is 1.94. The molecule has 0 amide bonds. The molecule has 1 aliphatic carbocycles. The molecule has 3 nitrogen and oxygen atoms in total. The average Bonchev–Trinajstić information content (AvgIpc) is 2.54. The Morgan fingerprint density at radius 1 is 1.41 bits per heavy atom. The first-order valence-electron chi connectivity index (χ1n) is 6.20. The van der Waals surface area contributed by atoms with Gasteiger partial charge in [0, 0.05) is 19.6 Å². The number of aliphatic carboxylic acids is 1. The van der Waals surface area contributed by atoms with Crippen LogP contribution in [-0.4, -0.2) is 29.1 Å². The maximum absolute atomic E-state index is 11.4. The van der Waals surface area contributed by atoms with Crippen molar-refractivity contribution in [2.45, 2.75) is 19.4 Å². The van der Waals surface area contributed by atoms with E-state index in [0.717, 1.165) is 32.5 Å². The van der Waals surface area contributed by atoms with Gasteiger partial charge in [0.25, 0.3) is 0 Å². The van der Waals surface area contributed by atoms with Crippen LogP contribution in [0.4, 0.5) is 0 Å². The van der Waals surface area contributed by atoms with Crippen LogP contribution < -0.4 is 0 Å². The Morgan fingerprint density at radius 3 is 2.71 bits per heavy atom. The average molecular weight is 231 g/mol. The minimum absolute atomic E-state index is 0.378. The second-order valence-electron chi connectivity index (χ2n) is 5.35. The Balaban J connectivity index is 1.70. The first kappa shape index (κ1) is 10.8. The van der Waals surface area contributed by atoms with Crippen LogP contribution in [0.3, 0.4) is 0 Å². The number of hydrogen-bond donors (Lipinski definition) is 1. The van der Waals surface area contributed by atoms with Crippen LogP contribution >= 0.6 is 0 Å². The molecule has 1 heterocycles. The van der Waals surface area contributed by atoms with Gasteiger partial charge in [-0.3, -0.25) is 9.69 Å². The van der Waals surface area contributed by atoms with E-state index in [4.69, 9.17) is 0 Å². The first-order valence-corrected chi connectivity index (χ1v) is 6.20. The highest BCUT2D eigenvalue weighted by atomic mass is 16.4. The van der Waals surface area contributed by atoms with Crippen LogP contribution in [0.1, 0.15) is 18.4 Å². The van der Waals surface area contributed by atoms with Gasteiger partial charge in [0.2, 0.25) is 0 Å². The fourth-order valence-electron chi connectivity index (χ4n) is 3.26. The third-order valence-electron chi connectivity index (χ3n) is 4.38. The number of carboxylic acid groups (broad SMARTS) is 1. The normalized spacial score (nSPS) is 31.9. The molecule has 2 aliphatic rings. The second kappa shape index (κ2) is 3.84.